The smallest absolute Gasteiger partial charge is 0.196 e. The van der Waals surface area contributed by atoms with Crippen LogP contribution in [0.3, 0.4) is 0 Å². The lowest BCUT2D eigenvalue weighted by atomic mass is 9.79. The summed E-state index contributed by atoms with van der Waals surface area (Å²) in [5.41, 5.74) is -0.457. The van der Waals surface area contributed by atoms with E-state index in [-0.39, 0.29) is 0 Å². The summed E-state index contributed by atoms with van der Waals surface area (Å²) in [4.78, 5) is 0. The summed E-state index contributed by atoms with van der Waals surface area (Å²) >= 11 is 0. The Morgan fingerprint density at radius 2 is 2.08 bits per heavy atom. The number of hydroxylamine groups is 1. The van der Waals surface area contributed by atoms with Crippen LogP contribution < -0.4 is 0 Å². The molecule has 74 valence electrons. The van der Waals surface area contributed by atoms with Crippen LogP contribution in [-0.2, 0) is 0 Å². The topological polar surface area (TPSA) is 46.3 Å². The second-order valence-corrected chi connectivity index (χ2v) is 4.97. The molecule has 1 unspecified atom stereocenters. The zero-order valence-corrected chi connectivity index (χ0v) is 8.34. The van der Waals surface area contributed by atoms with Gasteiger partial charge in [0, 0.05) is 20.3 Å². The minimum absolute atomic E-state index is 0.408. The molecule has 1 heterocycles. The van der Waals surface area contributed by atoms with Gasteiger partial charge in [-0.2, -0.15) is 0 Å². The molecular formula is C10H17NO2. The molecule has 1 atom stereocenters. The predicted molar refractivity (Wildman–Crippen MR) is 50.7 cm³/mol. The molecule has 3 heteroatoms. The lowest BCUT2D eigenvalue weighted by Gasteiger charge is -2.25. The number of hydrogen-bond acceptors (Lipinski definition) is 2. The molecule has 1 saturated carbocycles. The van der Waals surface area contributed by atoms with Crippen LogP contribution in [0.5, 0.6) is 0 Å². The fourth-order valence-electron chi connectivity index (χ4n) is 2.72. The third-order valence-electron chi connectivity index (χ3n) is 3.31. The first kappa shape index (κ1) is 9.00. The molecule has 0 bridgehead atoms. The molecule has 13 heavy (non-hydrogen) atoms. The number of hydrogen-bond donors (Lipinski definition) is 1. The molecule has 0 aromatic carbocycles. The second-order valence-electron chi connectivity index (χ2n) is 4.97. The van der Waals surface area contributed by atoms with Gasteiger partial charge in [-0.1, -0.05) is 0 Å². The van der Waals surface area contributed by atoms with Gasteiger partial charge in [-0.15, -0.1) is 0 Å². The molecule has 0 amide bonds. The van der Waals surface area contributed by atoms with E-state index in [1.54, 1.807) is 0 Å². The van der Waals surface area contributed by atoms with Crippen molar-refractivity contribution in [3.8, 4) is 0 Å². The van der Waals surface area contributed by atoms with Gasteiger partial charge < -0.3 is 10.3 Å². The first-order chi connectivity index (χ1) is 5.96. The average molecular weight is 183 g/mol. The molecule has 0 aromatic heterocycles. The summed E-state index contributed by atoms with van der Waals surface area (Å²) in [6.07, 6.45) is 4.24. The van der Waals surface area contributed by atoms with E-state index in [1.165, 1.54) is 0 Å². The van der Waals surface area contributed by atoms with Gasteiger partial charge in [-0.3, -0.25) is 0 Å². The SMILES string of the molecule is CC1(C)CC2(O)CCCCC2=[N+]1[O-]. The summed E-state index contributed by atoms with van der Waals surface area (Å²) < 4.78 is 1.05. The van der Waals surface area contributed by atoms with E-state index in [9.17, 15) is 10.3 Å². The maximum absolute atomic E-state index is 11.8. The third kappa shape index (κ3) is 1.17. The zero-order valence-electron chi connectivity index (χ0n) is 8.34. The van der Waals surface area contributed by atoms with Gasteiger partial charge in [0.05, 0.1) is 6.42 Å². The Balaban J connectivity index is 2.41. The number of aliphatic hydroxyl groups is 1. The molecule has 3 nitrogen and oxygen atoms in total. The van der Waals surface area contributed by atoms with E-state index >= 15 is 0 Å². The maximum Gasteiger partial charge on any atom is 0.196 e. The highest BCUT2D eigenvalue weighted by Gasteiger charge is 2.54. The number of rotatable bonds is 0. The van der Waals surface area contributed by atoms with Crippen molar-refractivity contribution in [1.82, 2.24) is 0 Å². The third-order valence-corrected chi connectivity index (χ3v) is 3.31. The lowest BCUT2D eigenvalue weighted by Crippen LogP contribution is -2.39. The maximum atomic E-state index is 11.8. The van der Waals surface area contributed by atoms with E-state index in [2.05, 4.69) is 0 Å². The van der Waals surface area contributed by atoms with E-state index in [0.29, 0.717) is 6.42 Å². The van der Waals surface area contributed by atoms with Crippen molar-refractivity contribution >= 4 is 5.71 Å². The van der Waals surface area contributed by atoms with Gasteiger partial charge in [0.1, 0.15) is 0 Å². The van der Waals surface area contributed by atoms with E-state index < -0.39 is 11.1 Å². The molecule has 1 aliphatic heterocycles. The Hall–Kier alpha value is -0.570. The Labute approximate surface area is 78.7 Å². The van der Waals surface area contributed by atoms with Crippen LogP contribution in [0.25, 0.3) is 0 Å². The molecule has 0 saturated heterocycles. The number of nitrogens with zero attached hydrogens (tertiary/aromatic N) is 1. The van der Waals surface area contributed by atoms with Crippen LogP contribution in [0.2, 0.25) is 0 Å². The Bertz CT molecular complexity index is 270. The van der Waals surface area contributed by atoms with Gasteiger partial charge in [0.2, 0.25) is 0 Å². The van der Waals surface area contributed by atoms with Crippen LogP contribution in [-0.4, -0.2) is 26.7 Å². The van der Waals surface area contributed by atoms with E-state index in [4.69, 9.17) is 0 Å². The van der Waals surface area contributed by atoms with Crippen molar-refractivity contribution in [2.45, 2.75) is 57.1 Å². The largest absolute Gasteiger partial charge is 0.623 e. The van der Waals surface area contributed by atoms with E-state index in [0.717, 1.165) is 36.1 Å². The molecule has 2 rings (SSSR count). The highest BCUT2D eigenvalue weighted by atomic mass is 16.5. The van der Waals surface area contributed by atoms with Gasteiger partial charge in [-0.25, -0.2) is 4.74 Å². The average Bonchev–Trinajstić information content (AvgIpc) is 2.19. The highest BCUT2D eigenvalue weighted by molar-refractivity contribution is 5.90. The van der Waals surface area contributed by atoms with Gasteiger partial charge >= 0.3 is 0 Å². The first-order valence-corrected chi connectivity index (χ1v) is 5.02. The van der Waals surface area contributed by atoms with Crippen LogP contribution in [0, 0.1) is 5.21 Å². The molecule has 0 aromatic rings. The van der Waals surface area contributed by atoms with Crippen molar-refractivity contribution in [1.29, 1.82) is 0 Å². The highest BCUT2D eigenvalue weighted by Crippen LogP contribution is 2.39. The Morgan fingerprint density at radius 1 is 1.38 bits per heavy atom. The summed E-state index contributed by atoms with van der Waals surface area (Å²) in [5.74, 6) is 0. The standard InChI is InChI=1S/C10H17NO2/c1-9(2)7-10(12)6-4-3-5-8(10)11(9)13/h12H,3-7H2,1-2H3. The van der Waals surface area contributed by atoms with Crippen molar-refractivity contribution in [3.63, 3.8) is 0 Å². The fraction of sp³-hybridized carbons (Fsp3) is 0.900. The van der Waals surface area contributed by atoms with Crippen molar-refractivity contribution in [2.75, 3.05) is 0 Å². The van der Waals surface area contributed by atoms with Gasteiger partial charge in [-0.05, 0) is 19.3 Å². The summed E-state index contributed by atoms with van der Waals surface area (Å²) in [6.45, 7) is 3.81. The van der Waals surface area contributed by atoms with Crippen LogP contribution in [0.15, 0.2) is 0 Å². The van der Waals surface area contributed by atoms with Crippen molar-refractivity contribution < 1.29 is 9.85 Å². The van der Waals surface area contributed by atoms with Crippen molar-refractivity contribution in [3.05, 3.63) is 5.21 Å². The quantitative estimate of drug-likeness (QED) is 0.456. The molecule has 1 aliphatic carbocycles. The summed E-state index contributed by atoms with van der Waals surface area (Å²) in [7, 11) is 0. The monoisotopic (exact) mass is 183 g/mol. The van der Waals surface area contributed by atoms with Gasteiger partial charge in [0.15, 0.2) is 16.9 Å². The molecule has 0 spiro atoms. The normalized spacial score (nSPS) is 37.8. The minimum Gasteiger partial charge on any atom is -0.623 e. The summed E-state index contributed by atoms with van der Waals surface area (Å²) in [5, 5.41) is 22.0. The summed E-state index contributed by atoms with van der Waals surface area (Å²) in [6, 6.07) is 0. The second kappa shape index (κ2) is 2.47. The van der Waals surface area contributed by atoms with Crippen LogP contribution in [0.1, 0.15) is 46.0 Å². The predicted octanol–water partition coefficient (Wildman–Crippen LogP) is 1.43. The molecule has 1 N–H and O–H groups in total. The Kier molecular flexibility index (Phi) is 1.71. The molecular weight excluding hydrogens is 166 g/mol. The molecule has 1 fully saturated rings. The number of fused-ring (bicyclic) bond motifs is 1. The molecule has 0 radical (unpaired) electrons. The minimum atomic E-state index is -0.774. The van der Waals surface area contributed by atoms with E-state index in [1.807, 2.05) is 13.8 Å². The zero-order chi connectivity index (χ0) is 9.69. The van der Waals surface area contributed by atoms with Crippen LogP contribution in [0.4, 0.5) is 0 Å². The van der Waals surface area contributed by atoms with Crippen LogP contribution >= 0.6 is 0 Å². The van der Waals surface area contributed by atoms with Gasteiger partial charge in [0.25, 0.3) is 0 Å². The Morgan fingerprint density at radius 3 is 2.69 bits per heavy atom. The van der Waals surface area contributed by atoms with Crippen molar-refractivity contribution in [2.24, 2.45) is 0 Å². The lowest BCUT2D eigenvalue weighted by molar-refractivity contribution is -0.532. The molecule has 2 aliphatic rings. The fourth-order valence-corrected chi connectivity index (χ4v) is 2.72. The first-order valence-electron chi connectivity index (χ1n) is 5.02.